The van der Waals surface area contributed by atoms with Crippen molar-refractivity contribution in [3.8, 4) is 0 Å². The van der Waals surface area contributed by atoms with Crippen LogP contribution in [0.3, 0.4) is 0 Å². The number of nitrogens with zero attached hydrogens (tertiary/aromatic N) is 1. The number of halogens is 1. The van der Waals surface area contributed by atoms with Gasteiger partial charge in [0.2, 0.25) is 0 Å². The number of hydrogen-bond acceptors (Lipinski definition) is 3. The molecule has 0 saturated heterocycles. The summed E-state index contributed by atoms with van der Waals surface area (Å²) in [6, 6.07) is 4.21. The molecule has 4 heteroatoms. The molecule has 0 aliphatic carbocycles. The molecule has 1 N–H and O–H groups in total. The highest BCUT2D eigenvalue weighted by Crippen LogP contribution is 2.29. The van der Waals surface area contributed by atoms with Gasteiger partial charge >= 0.3 is 0 Å². The number of aromatic nitrogens is 1. The third-order valence-corrected chi connectivity index (χ3v) is 4.31. The van der Waals surface area contributed by atoms with Crippen molar-refractivity contribution in [1.82, 2.24) is 10.3 Å². The lowest BCUT2D eigenvalue weighted by molar-refractivity contribution is 0.292. The zero-order valence-electron chi connectivity index (χ0n) is 11.7. The highest BCUT2D eigenvalue weighted by molar-refractivity contribution is 7.99. The lowest BCUT2D eigenvalue weighted by atomic mass is 9.88. The third-order valence-electron chi connectivity index (χ3n) is 2.80. The number of pyridine rings is 1. The van der Waals surface area contributed by atoms with Gasteiger partial charge in [0.05, 0.1) is 5.02 Å². The summed E-state index contributed by atoms with van der Waals surface area (Å²) >= 11 is 7.85. The van der Waals surface area contributed by atoms with Gasteiger partial charge in [-0.25, -0.2) is 4.98 Å². The standard InChI is InChI=1S/C14H23ClN2S/c1-5-8-16-12(14(2,3)4)10-18-13-11(15)7-6-9-17-13/h6-7,9,12,16H,5,8,10H2,1-4H3. The van der Waals surface area contributed by atoms with E-state index in [9.17, 15) is 0 Å². The van der Waals surface area contributed by atoms with Crippen LogP contribution in [0.15, 0.2) is 23.4 Å². The Balaban J connectivity index is 2.59. The van der Waals surface area contributed by atoms with Gasteiger partial charge < -0.3 is 5.32 Å². The van der Waals surface area contributed by atoms with Crippen LogP contribution in [0.4, 0.5) is 0 Å². The summed E-state index contributed by atoms with van der Waals surface area (Å²) in [5.41, 5.74) is 0.240. The SMILES string of the molecule is CCCNC(CSc1ncccc1Cl)C(C)(C)C. The van der Waals surface area contributed by atoms with E-state index < -0.39 is 0 Å². The van der Waals surface area contributed by atoms with Crippen LogP contribution in [-0.2, 0) is 0 Å². The molecule has 18 heavy (non-hydrogen) atoms. The van der Waals surface area contributed by atoms with Crippen molar-refractivity contribution in [2.45, 2.75) is 45.2 Å². The first-order chi connectivity index (χ1) is 8.45. The van der Waals surface area contributed by atoms with Crippen LogP contribution in [-0.4, -0.2) is 23.3 Å². The van der Waals surface area contributed by atoms with Crippen molar-refractivity contribution in [3.05, 3.63) is 23.4 Å². The van der Waals surface area contributed by atoms with Crippen LogP contribution >= 0.6 is 23.4 Å². The Morgan fingerprint density at radius 1 is 1.44 bits per heavy atom. The van der Waals surface area contributed by atoms with Crippen molar-refractivity contribution in [2.75, 3.05) is 12.3 Å². The Morgan fingerprint density at radius 3 is 2.72 bits per heavy atom. The maximum Gasteiger partial charge on any atom is 0.115 e. The zero-order valence-corrected chi connectivity index (χ0v) is 13.2. The van der Waals surface area contributed by atoms with Crippen LogP contribution < -0.4 is 5.32 Å². The van der Waals surface area contributed by atoms with E-state index in [1.165, 1.54) is 0 Å². The van der Waals surface area contributed by atoms with Crippen molar-refractivity contribution >= 4 is 23.4 Å². The third kappa shape index (κ3) is 5.17. The Bertz CT molecular complexity index is 363. The molecule has 0 fully saturated rings. The summed E-state index contributed by atoms with van der Waals surface area (Å²) in [4.78, 5) is 4.32. The van der Waals surface area contributed by atoms with Crippen molar-refractivity contribution in [3.63, 3.8) is 0 Å². The van der Waals surface area contributed by atoms with Crippen LogP contribution in [0.1, 0.15) is 34.1 Å². The minimum atomic E-state index is 0.240. The lowest BCUT2D eigenvalue weighted by Crippen LogP contribution is -2.42. The second-order valence-electron chi connectivity index (χ2n) is 5.47. The maximum absolute atomic E-state index is 6.12. The van der Waals surface area contributed by atoms with Gasteiger partial charge in [0.1, 0.15) is 5.03 Å². The topological polar surface area (TPSA) is 24.9 Å². The van der Waals surface area contributed by atoms with Gasteiger partial charge in [-0.2, -0.15) is 0 Å². The highest BCUT2D eigenvalue weighted by atomic mass is 35.5. The first-order valence-corrected chi connectivity index (χ1v) is 7.78. The normalized spacial score (nSPS) is 13.6. The highest BCUT2D eigenvalue weighted by Gasteiger charge is 2.24. The molecule has 1 unspecified atom stereocenters. The fourth-order valence-electron chi connectivity index (χ4n) is 1.57. The van der Waals surface area contributed by atoms with Crippen LogP contribution in [0.5, 0.6) is 0 Å². The predicted molar refractivity (Wildman–Crippen MR) is 81.5 cm³/mol. The van der Waals surface area contributed by atoms with E-state index in [0.717, 1.165) is 28.8 Å². The van der Waals surface area contributed by atoms with E-state index in [1.54, 1.807) is 18.0 Å². The molecule has 1 atom stereocenters. The smallest absolute Gasteiger partial charge is 0.115 e. The Labute approximate surface area is 120 Å². The second-order valence-corrected chi connectivity index (χ2v) is 6.89. The van der Waals surface area contributed by atoms with Crippen LogP contribution in [0, 0.1) is 5.41 Å². The molecular formula is C14H23ClN2S. The average molecular weight is 287 g/mol. The fourth-order valence-corrected chi connectivity index (χ4v) is 3.14. The Hall–Kier alpha value is -0.250. The van der Waals surface area contributed by atoms with E-state index in [0.29, 0.717) is 6.04 Å². The molecule has 1 aromatic rings. The molecule has 1 rings (SSSR count). The largest absolute Gasteiger partial charge is 0.313 e. The Kier molecular flexibility index (Phi) is 6.47. The zero-order chi connectivity index (χ0) is 13.6. The molecule has 102 valence electrons. The monoisotopic (exact) mass is 286 g/mol. The van der Waals surface area contributed by atoms with Crippen LogP contribution in [0.2, 0.25) is 5.02 Å². The number of thioether (sulfide) groups is 1. The first kappa shape index (κ1) is 15.8. The number of nitrogens with one attached hydrogen (secondary N) is 1. The van der Waals surface area contributed by atoms with E-state index >= 15 is 0 Å². The van der Waals surface area contributed by atoms with Gasteiger partial charge in [0.15, 0.2) is 0 Å². The minimum Gasteiger partial charge on any atom is -0.313 e. The van der Waals surface area contributed by atoms with Gasteiger partial charge in [-0.3, -0.25) is 0 Å². The second kappa shape index (κ2) is 7.37. The first-order valence-electron chi connectivity index (χ1n) is 6.42. The van der Waals surface area contributed by atoms with Gasteiger partial charge in [-0.1, -0.05) is 39.3 Å². The molecular weight excluding hydrogens is 264 g/mol. The molecule has 0 aliphatic heterocycles. The van der Waals surface area contributed by atoms with Gasteiger partial charge in [-0.05, 0) is 30.5 Å². The lowest BCUT2D eigenvalue weighted by Gasteiger charge is -2.31. The van der Waals surface area contributed by atoms with Crippen molar-refractivity contribution in [2.24, 2.45) is 5.41 Å². The van der Waals surface area contributed by atoms with Gasteiger partial charge in [0, 0.05) is 18.0 Å². The quantitative estimate of drug-likeness (QED) is 0.792. The molecule has 1 heterocycles. The van der Waals surface area contributed by atoms with Gasteiger partial charge in [0.25, 0.3) is 0 Å². The van der Waals surface area contributed by atoms with E-state index in [2.05, 4.69) is 38.0 Å². The number of rotatable bonds is 6. The Morgan fingerprint density at radius 2 is 2.17 bits per heavy atom. The summed E-state index contributed by atoms with van der Waals surface area (Å²) in [5, 5.41) is 5.27. The molecule has 0 radical (unpaired) electrons. The van der Waals surface area contributed by atoms with E-state index in [-0.39, 0.29) is 5.41 Å². The number of hydrogen-bond donors (Lipinski definition) is 1. The fraction of sp³-hybridized carbons (Fsp3) is 0.643. The molecule has 2 nitrogen and oxygen atoms in total. The molecule has 0 amide bonds. The minimum absolute atomic E-state index is 0.240. The maximum atomic E-state index is 6.12. The molecule has 0 spiro atoms. The summed E-state index contributed by atoms with van der Waals surface area (Å²) in [6.45, 7) is 10.0. The van der Waals surface area contributed by atoms with E-state index in [1.807, 2.05) is 12.1 Å². The van der Waals surface area contributed by atoms with E-state index in [4.69, 9.17) is 11.6 Å². The van der Waals surface area contributed by atoms with Crippen molar-refractivity contribution in [1.29, 1.82) is 0 Å². The van der Waals surface area contributed by atoms with Gasteiger partial charge in [-0.15, -0.1) is 11.8 Å². The summed E-state index contributed by atoms with van der Waals surface area (Å²) in [5.74, 6) is 0.986. The van der Waals surface area contributed by atoms with Crippen molar-refractivity contribution < 1.29 is 0 Å². The molecule has 0 saturated carbocycles. The molecule has 1 aromatic heterocycles. The predicted octanol–water partition coefficient (Wildman–Crippen LogP) is 4.24. The average Bonchev–Trinajstić information content (AvgIpc) is 2.29. The molecule has 0 aromatic carbocycles. The van der Waals surface area contributed by atoms with Crippen LogP contribution in [0.25, 0.3) is 0 Å². The summed E-state index contributed by atoms with van der Waals surface area (Å²) in [6.07, 6.45) is 2.95. The summed E-state index contributed by atoms with van der Waals surface area (Å²) in [7, 11) is 0. The molecule has 0 aliphatic rings. The summed E-state index contributed by atoms with van der Waals surface area (Å²) < 4.78 is 0. The molecule has 0 bridgehead atoms.